The van der Waals surface area contributed by atoms with Crippen molar-refractivity contribution < 1.29 is 4.74 Å². The average Bonchev–Trinajstić information content (AvgIpc) is 2.25. The van der Waals surface area contributed by atoms with Crippen LogP contribution in [0.15, 0.2) is 23.1 Å². The first-order valence-corrected chi connectivity index (χ1v) is 6.60. The van der Waals surface area contributed by atoms with E-state index in [1.54, 1.807) is 7.11 Å². The van der Waals surface area contributed by atoms with E-state index >= 15 is 0 Å². The van der Waals surface area contributed by atoms with Crippen molar-refractivity contribution in [3.8, 4) is 5.75 Å². The highest BCUT2D eigenvalue weighted by molar-refractivity contribution is 7.99. The SMILES string of the molecule is COc1cccc(SCC(C)C)c1[C@@H](C)N. The Labute approximate surface area is 103 Å². The zero-order valence-electron chi connectivity index (χ0n) is 10.5. The highest BCUT2D eigenvalue weighted by Gasteiger charge is 2.13. The Morgan fingerprint density at radius 1 is 1.31 bits per heavy atom. The molecule has 0 amide bonds. The van der Waals surface area contributed by atoms with Crippen molar-refractivity contribution in [1.29, 1.82) is 0 Å². The van der Waals surface area contributed by atoms with Crippen molar-refractivity contribution in [3.05, 3.63) is 23.8 Å². The lowest BCUT2D eigenvalue weighted by atomic mass is 10.1. The molecule has 1 rings (SSSR count). The van der Waals surface area contributed by atoms with Gasteiger partial charge in [0.15, 0.2) is 0 Å². The molecule has 0 aromatic heterocycles. The van der Waals surface area contributed by atoms with Crippen molar-refractivity contribution in [3.63, 3.8) is 0 Å². The second-order valence-corrected chi connectivity index (χ2v) is 5.43. The molecule has 0 fully saturated rings. The summed E-state index contributed by atoms with van der Waals surface area (Å²) in [7, 11) is 1.69. The molecule has 16 heavy (non-hydrogen) atoms. The number of thioether (sulfide) groups is 1. The van der Waals surface area contributed by atoms with Crippen LogP contribution in [0.5, 0.6) is 5.75 Å². The summed E-state index contributed by atoms with van der Waals surface area (Å²) in [5.74, 6) is 2.67. The number of methoxy groups -OCH3 is 1. The zero-order valence-corrected chi connectivity index (χ0v) is 11.3. The Bertz CT molecular complexity index is 337. The van der Waals surface area contributed by atoms with Gasteiger partial charge in [0, 0.05) is 22.3 Å². The van der Waals surface area contributed by atoms with Crippen LogP contribution in [0.2, 0.25) is 0 Å². The van der Waals surface area contributed by atoms with E-state index in [4.69, 9.17) is 10.5 Å². The molecule has 0 bridgehead atoms. The lowest BCUT2D eigenvalue weighted by Gasteiger charge is -2.16. The van der Waals surface area contributed by atoms with E-state index in [9.17, 15) is 0 Å². The molecular weight excluding hydrogens is 218 g/mol. The molecule has 0 spiro atoms. The molecule has 2 N–H and O–H groups in total. The molecule has 0 aliphatic rings. The Balaban J connectivity index is 2.97. The summed E-state index contributed by atoms with van der Waals surface area (Å²) >= 11 is 1.85. The Morgan fingerprint density at radius 3 is 2.50 bits per heavy atom. The fourth-order valence-corrected chi connectivity index (χ4v) is 2.66. The summed E-state index contributed by atoms with van der Waals surface area (Å²) in [6.45, 7) is 6.44. The monoisotopic (exact) mass is 239 g/mol. The van der Waals surface area contributed by atoms with Crippen LogP contribution >= 0.6 is 11.8 Å². The van der Waals surface area contributed by atoms with Crippen molar-refractivity contribution in [1.82, 2.24) is 0 Å². The molecule has 0 aliphatic heterocycles. The van der Waals surface area contributed by atoms with Crippen LogP contribution in [0, 0.1) is 5.92 Å². The lowest BCUT2D eigenvalue weighted by Crippen LogP contribution is -2.09. The van der Waals surface area contributed by atoms with Gasteiger partial charge in [0.05, 0.1) is 7.11 Å². The normalized spacial score (nSPS) is 12.9. The minimum atomic E-state index is 0.00538. The van der Waals surface area contributed by atoms with Crippen LogP contribution in [0.3, 0.4) is 0 Å². The smallest absolute Gasteiger partial charge is 0.124 e. The molecule has 1 atom stereocenters. The standard InChI is InChI=1S/C13H21NOS/c1-9(2)8-16-12-7-5-6-11(15-4)13(12)10(3)14/h5-7,9-10H,8,14H2,1-4H3/t10-/m1/s1. The third kappa shape index (κ3) is 3.42. The van der Waals surface area contributed by atoms with Gasteiger partial charge in [0.2, 0.25) is 0 Å². The summed E-state index contributed by atoms with van der Waals surface area (Å²) < 4.78 is 5.36. The lowest BCUT2D eigenvalue weighted by molar-refractivity contribution is 0.405. The second-order valence-electron chi connectivity index (χ2n) is 4.37. The Hall–Kier alpha value is -0.670. The van der Waals surface area contributed by atoms with Crippen LogP contribution in [-0.2, 0) is 0 Å². The van der Waals surface area contributed by atoms with Gasteiger partial charge in [-0.3, -0.25) is 0 Å². The number of nitrogens with two attached hydrogens (primary N) is 1. The van der Waals surface area contributed by atoms with Crippen molar-refractivity contribution in [2.75, 3.05) is 12.9 Å². The summed E-state index contributed by atoms with van der Waals surface area (Å²) in [6, 6.07) is 6.12. The third-order valence-corrected chi connectivity index (χ3v) is 3.77. The molecule has 90 valence electrons. The van der Waals surface area contributed by atoms with Gasteiger partial charge >= 0.3 is 0 Å². The average molecular weight is 239 g/mol. The molecule has 0 unspecified atom stereocenters. The zero-order chi connectivity index (χ0) is 12.1. The molecule has 0 radical (unpaired) electrons. The van der Waals surface area contributed by atoms with Gasteiger partial charge in [-0.15, -0.1) is 11.8 Å². The third-order valence-electron chi connectivity index (χ3n) is 2.27. The van der Waals surface area contributed by atoms with Crippen LogP contribution in [0.1, 0.15) is 32.4 Å². The molecule has 0 aliphatic carbocycles. The van der Waals surface area contributed by atoms with Crippen LogP contribution in [-0.4, -0.2) is 12.9 Å². The number of hydrogen-bond acceptors (Lipinski definition) is 3. The van der Waals surface area contributed by atoms with Gasteiger partial charge in [0.25, 0.3) is 0 Å². The highest BCUT2D eigenvalue weighted by atomic mass is 32.2. The second kappa shape index (κ2) is 6.16. The predicted molar refractivity (Wildman–Crippen MR) is 71.2 cm³/mol. The maximum atomic E-state index is 6.00. The van der Waals surface area contributed by atoms with E-state index in [1.807, 2.05) is 30.8 Å². The van der Waals surface area contributed by atoms with Gasteiger partial charge in [-0.1, -0.05) is 19.9 Å². The maximum absolute atomic E-state index is 6.00. The van der Waals surface area contributed by atoms with Crippen molar-refractivity contribution in [2.45, 2.75) is 31.7 Å². The quantitative estimate of drug-likeness (QED) is 0.799. The van der Waals surface area contributed by atoms with E-state index in [2.05, 4.69) is 19.9 Å². The van der Waals surface area contributed by atoms with Crippen LogP contribution in [0.4, 0.5) is 0 Å². The molecule has 3 heteroatoms. The minimum absolute atomic E-state index is 0.00538. The first kappa shape index (κ1) is 13.4. The molecule has 1 aromatic carbocycles. The fourth-order valence-electron chi connectivity index (χ4n) is 1.53. The Kier molecular flexibility index (Phi) is 5.16. The predicted octanol–water partition coefficient (Wildman–Crippen LogP) is 3.46. The number of ether oxygens (including phenoxy) is 1. The number of benzene rings is 1. The van der Waals surface area contributed by atoms with Crippen LogP contribution < -0.4 is 10.5 Å². The van der Waals surface area contributed by atoms with Gasteiger partial charge in [-0.25, -0.2) is 0 Å². The van der Waals surface area contributed by atoms with E-state index in [0.717, 1.165) is 17.1 Å². The van der Waals surface area contributed by atoms with Gasteiger partial charge < -0.3 is 10.5 Å². The minimum Gasteiger partial charge on any atom is -0.496 e. The first-order chi connectivity index (χ1) is 7.56. The molecule has 0 saturated carbocycles. The summed E-state index contributed by atoms with van der Waals surface area (Å²) in [4.78, 5) is 1.24. The molecule has 0 saturated heterocycles. The highest BCUT2D eigenvalue weighted by Crippen LogP contribution is 2.34. The largest absolute Gasteiger partial charge is 0.496 e. The number of hydrogen-bond donors (Lipinski definition) is 1. The summed E-state index contributed by atoms with van der Waals surface area (Å²) in [6.07, 6.45) is 0. The van der Waals surface area contributed by atoms with Gasteiger partial charge in [-0.05, 0) is 25.0 Å². The van der Waals surface area contributed by atoms with E-state index < -0.39 is 0 Å². The fraction of sp³-hybridized carbons (Fsp3) is 0.538. The maximum Gasteiger partial charge on any atom is 0.124 e. The summed E-state index contributed by atoms with van der Waals surface area (Å²) in [5, 5.41) is 0. The van der Waals surface area contributed by atoms with Gasteiger partial charge in [-0.2, -0.15) is 0 Å². The summed E-state index contributed by atoms with van der Waals surface area (Å²) in [5.41, 5.74) is 7.12. The number of rotatable bonds is 5. The molecule has 2 nitrogen and oxygen atoms in total. The first-order valence-electron chi connectivity index (χ1n) is 5.61. The molecule has 1 aromatic rings. The van der Waals surface area contributed by atoms with E-state index in [1.165, 1.54) is 4.90 Å². The van der Waals surface area contributed by atoms with Crippen LogP contribution in [0.25, 0.3) is 0 Å². The Morgan fingerprint density at radius 2 is 2.00 bits per heavy atom. The van der Waals surface area contributed by atoms with E-state index in [0.29, 0.717) is 5.92 Å². The van der Waals surface area contributed by atoms with Gasteiger partial charge in [0.1, 0.15) is 5.75 Å². The topological polar surface area (TPSA) is 35.2 Å². The molecular formula is C13H21NOS. The van der Waals surface area contributed by atoms with Crippen molar-refractivity contribution in [2.24, 2.45) is 11.7 Å². The van der Waals surface area contributed by atoms with Crippen molar-refractivity contribution >= 4 is 11.8 Å². The molecule has 0 heterocycles. The van der Waals surface area contributed by atoms with E-state index in [-0.39, 0.29) is 6.04 Å².